The highest BCUT2D eigenvalue weighted by molar-refractivity contribution is 5.94. The van der Waals surface area contributed by atoms with Crippen LogP contribution in [-0.2, 0) is 4.79 Å². The molecule has 0 spiro atoms. The molecule has 0 aliphatic heterocycles. The van der Waals surface area contributed by atoms with Gasteiger partial charge in [0.1, 0.15) is 0 Å². The molecule has 2 N–H and O–H groups in total. The van der Waals surface area contributed by atoms with Crippen molar-refractivity contribution in [3.8, 4) is 0 Å². The minimum atomic E-state index is -0.428. The Morgan fingerprint density at radius 3 is 2.25 bits per heavy atom. The van der Waals surface area contributed by atoms with E-state index in [1.165, 1.54) is 6.08 Å². The summed E-state index contributed by atoms with van der Waals surface area (Å²) in [7, 11) is 0. The van der Waals surface area contributed by atoms with E-state index in [2.05, 4.69) is 6.58 Å². The molecule has 0 saturated heterocycles. The fraction of sp³-hybridized carbons (Fsp3) is 0.167. The first-order chi connectivity index (χ1) is 3.72. The molecule has 8 heavy (non-hydrogen) atoms. The predicted octanol–water partition coefficient (Wildman–Crippen LogP) is 0.604. The zero-order valence-corrected chi connectivity index (χ0v) is 4.85. The molecule has 0 aliphatic rings. The normalized spacial score (nSPS) is 10.9. The minimum Gasteiger partial charge on any atom is -0.366 e. The monoisotopic (exact) mass is 111 g/mol. The fourth-order valence-corrected chi connectivity index (χ4v) is 0.361. The van der Waals surface area contributed by atoms with Gasteiger partial charge in [-0.3, -0.25) is 4.79 Å². The Morgan fingerprint density at radius 1 is 1.75 bits per heavy atom. The third kappa shape index (κ3) is 1.60. The number of amides is 1. The van der Waals surface area contributed by atoms with Gasteiger partial charge < -0.3 is 5.73 Å². The first kappa shape index (κ1) is 6.95. The van der Waals surface area contributed by atoms with Gasteiger partial charge in [0.2, 0.25) is 5.91 Å². The summed E-state index contributed by atoms with van der Waals surface area (Å²) in [5.74, 6) is -0.428. The average Bonchev–Trinajstić information content (AvgIpc) is 1.69. The average molecular weight is 111 g/mol. The number of primary amides is 1. The lowest BCUT2D eigenvalue weighted by Crippen LogP contribution is -2.11. The van der Waals surface area contributed by atoms with Gasteiger partial charge in [0.05, 0.1) is 0 Å². The van der Waals surface area contributed by atoms with Crippen LogP contribution in [0.5, 0.6) is 0 Å². The lowest BCUT2D eigenvalue weighted by molar-refractivity contribution is -0.114. The molecule has 0 aromatic heterocycles. The summed E-state index contributed by atoms with van der Waals surface area (Å²) in [6.07, 6.45) is 3.05. The van der Waals surface area contributed by atoms with Crippen LogP contribution < -0.4 is 5.73 Å². The molecule has 0 unspecified atom stereocenters. The molecule has 0 aromatic rings. The molecule has 0 aromatic carbocycles. The minimum absolute atomic E-state index is 0.428. The van der Waals surface area contributed by atoms with Crippen molar-refractivity contribution < 1.29 is 4.79 Å². The number of hydrogen-bond acceptors (Lipinski definition) is 1. The number of rotatable bonds is 2. The van der Waals surface area contributed by atoms with Crippen molar-refractivity contribution in [2.45, 2.75) is 6.92 Å². The summed E-state index contributed by atoms with van der Waals surface area (Å²) in [4.78, 5) is 10.2. The van der Waals surface area contributed by atoms with Gasteiger partial charge in [0, 0.05) is 5.57 Å². The molecular weight excluding hydrogens is 102 g/mol. The zero-order valence-electron chi connectivity index (χ0n) is 4.85. The molecule has 0 saturated carbocycles. The largest absolute Gasteiger partial charge is 0.366 e. The number of hydrogen-bond donors (Lipinski definition) is 1. The Labute approximate surface area is 48.7 Å². The van der Waals surface area contributed by atoms with Crippen LogP contribution in [0.25, 0.3) is 0 Å². The lowest BCUT2D eigenvalue weighted by Gasteiger charge is -1.88. The van der Waals surface area contributed by atoms with Crippen LogP contribution in [0.15, 0.2) is 24.3 Å². The third-order valence-corrected chi connectivity index (χ3v) is 0.815. The van der Waals surface area contributed by atoms with Crippen LogP contribution in [0, 0.1) is 0 Å². The van der Waals surface area contributed by atoms with E-state index >= 15 is 0 Å². The van der Waals surface area contributed by atoms with E-state index in [0.717, 1.165) is 0 Å². The Kier molecular flexibility index (Phi) is 2.62. The summed E-state index contributed by atoms with van der Waals surface area (Å²) in [6, 6.07) is 0. The molecule has 0 bridgehead atoms. The molecule has 1 amide bonds. The van der Waals surface area contributed by atoms with Gasteiger partial charge >= 0.3 is 0 Å². The quantitative estimate of drug-likeness (QED) is 0.411. The second-order valence-corrected chi connectivity index (χ2v) is 1.31. The van der Waals surface area contributed by atoms with E-state index in [1.54, 1.807) is 13.0 Å². The number of allylic oxidation sites excluding steroid dienone is 1. The van der Waals surface area contributed by atoms with Crippen LogP contribution in [0.4, 0.5) is 0 Å². The van der Waals surface area contributed by atoms with E-state index in [-0.39, 0.29) is 0 Å². The van der Waals surface area contributed by atoms with E-state index in [0.29, 0.717) is 5.57 Å². The Bertz CT molecular complexity index is 135. The second kappa shape index (κ2) is 3.02. The van der Waals surface area contributed by atoms with Crippen LogP contribution >= 0.6 is 0 Å². The van der Waals surface area contributed by atoms with Crippen molar-refractivity contribution in [2.24, 2.45) is 5.73 Å². The summed E-state index contributed by atoms with van der Waals surface area (Å²) < 4.78 is 0. The molecule has 0 aliphatic carbocycles. The number of carbonyl (C=O) groups is 1. The second-order valence-electron chi connectivity index (χ2n) is 1.31. The van der Waals surface area contributed by atoms with Crippen LogP contribution in [0.1, 0.15) is 6.92 Å². The van der Waals surface area contributed by atoms with Gasteiger partial charge in [-0.05, 0) is 6.92 Å². The maximum Gasteiger partial charge on any atom is 0.248 e. The van der Waals surface area contributed by atoms with Gasteiger partial charge in [-0.1, -0.05) is 18.7 Å². The van der Waals surface area contributed by atoms with Crippen molar-refractivity contribution >= 4 is 5.91 Å². The van der Waals surface area contributed by atoms with E-state index in [9.17, 15) is 4.79 Å². The van der Waals surface area contributed by atoms with E-state index in [4.69, 9.17) is 5.73 Å². The summed E-state index contributed by atoms with van der Waals surface area (Å²) in [5, 5.41) is 0. The van der Waals surface area contributed by atoms with Gasteiger partial charge in [0.25, 0.3) is 0 Å². The molecule has 0 fully saturated rings. The molecule has 0 radical (unpaired) electrons. The fourth-order valence-electron chi connectivity index (χ4n) is 0.361. The highest BCUT2D eigenvalue weighted by atomic mass is 16.1. The predicted molar refractivity (Wildman–Crippen MR) is 33.1 cm³/mol. The van der Waals surface area contributed by atoms with Crippen molar-refractivity contribution in [3.63, 3.8) is 0 Å². The van der Waals surface area contributed by atoms with Crippen molar-refractivity contribution in [1.82, 2.24) is 0 Å². The SMILES string of the molecule is C=C/C(=C\C)C(N)=O. The van der Waals surface area contributed by atoms with Crippen LogP contribution in [0.3, 0.4) is 0 Å². The topological polar surface area (TPSA) is 43.1 Å². The summed E-state index contributed by atoms with van der Waals surface area (Å²) in [6.45, 7) is 5.12. The van der Waals surface area contributed by atoms with Crippen molar-refractivity contribution in [1.29, 1.82) is 0 Å². The van der Waals surface area contributed by atoms with Gasteiger partial charge in [-0.15, -0.1) is 0 Å². The van der Waals surface area contributed by atoms with E-state index < -0.39 is 5.91 Å². The third-order valence-electron chi connectivity index (χ3n) is 0.815. The van der Waals surface area contributed by atoms with Gasteiger partial charge in [-0.2, -0.15) is 0 Å². The maximum atomic E-state index is 10.2. The Morgan fingerprint density at radius 2 is 2.25 bits per heavy atom. The molecule has 44 valence electrons. The number of nitrogens with two attached hydrogens (primary N) is 1. The highest BCUT2D eigenvalue weighted by Crippen LogP contribution is 1.90. The zero-order chi connectivity index (χ0) is 6.57. The van der Waals surface area contributed by atoms with Gasteiger partial charge in [0.15, 0.2) is 0 Å². The summed E-state index contributed by atoms with van der Waals surface area (Å²) in [5.41, 5.74) is 5.34. The van der Waals surface area contributed by atoms with Crippen LogP contribution in [0.2, 0.25) is 0 Å². The lowest BCUT2D eigenvalue weighted by atomic mass is 10.2. The molecule has 2 heteroatoms. The van der Waals surface area contributed by atoms with E-state index in [1.807, 2.05) is 0 Å². The van der Waals surface area contributed by atoms with Crippen molar-refractivity contribution in [2.75, 3.05) is 0 Å². The van der Waals surface area contributed by atoms with Crippen molar-refractivity contribution in [3.05, 3.63) is 24.3 Å². The molecule has 2 nitrogen and oxygen atoms in total. The maximum absolute atomic E-state index is 10.2. The van der Waals surface area contributed by atoms with Crippen LogP contribution in [-0.4, -0.2) is 5.91 Å². The molecular formula is C6H9NO. The Balaban J connectivity index is 4.13. The first-order valence-corrected chi connectivity index (χ1v) is 2.31. The highest BCUT2D eigenvalue weighted by Gasteiger charge is 1.93. The standard InChI is InChI=1S/C6H9NO/c1-3-5(4-2)6(7)8/h3-4H,1H2,2H3,(H2,7,8)/b5-4+. The number of carbonyl (C=O) groups excluding carboxylic acids is 1. The molecule has 0 heterocycles. The molecule has 0 atom stereocenters. The molecule has 0 rings (SSSR count). The van der Waals surface area contributed by atoms with Gasteiger partial charge in [-0.25, -0.2) is 0 Å². The first-order valence-electron chi connectivity index (χ1n) is 2.31. The Hall–Kier alpha value is -1.05. The smallest absolute Gasteiger partial charge is 0.248 e. The summed E-state index contributed by atoms with van der Waals surface area (Å²) >= 11 is 0.